The number of rotatable bonds is 1. The summed E-state index contributed by atoms with van der Waals surface area (Å²) in [5.74, 6) is 0.503. The lowest BCUT2D eigenvalue weighted by molar-refractivity contribution is 1.18. The largest absolute Gasteiger partial charge is 0.138 e. The Labute approximate surface area is 73.0 Å². The monoisotopic (exact) mass is 184 g/mol. The zero-order valence-electron chi connectivity index (χ0n) is 5.62. The van der Waals surface area contributed by atoms with Crippen LogP contribution >= 0.6 is 23.1 Å². The van der Waals surface area contributed by atoms with Crippen molar-refractivity contribution in [3.8, 4) is 0 Å². The van der Waals surface area contributed by atoms with Crippen LogP contribution in [0.25, 0.3) is 10.2 Å². The fourth-order valence-corrected chi connectivity index (χ4v) is 1.79. The van der Waals surface area contributed by atoms with Gasteiger partial charge in [0.2, 0.25) is 0 Å². The fourth-order valence-electron chi connectivity index (χ4n) is 0.968. The molecular weight excluding hydrogens is 180 g/mol. The first-order valence-electron chi connectivity index (χ1n) is 3.18. The van der Waals surface area contributed by atoms with Gasteiger partial charge in [0.1, 0.15) is 5.52 Å². The SMILES string of the molecule is ClCc1cccc2snnc12. The summed E-state index contributed by atoms with van der Waals surface area (Å²) in [4.78, 5) is 0. The van der Waals surface area contributed by atoms with E-state index in [1.165, 1.54) is 11.5 Å². The maximum atomic E-state index is 5.70. The average molecular weight is 185 g/mol. The van der Waals surface area contributed by atoms with E-state index in [0.29, 0.717) is 5.88 Å². The van der Waals surface area contributed by atoms with E-state index in [1.54, 1.807) is 0 Å². The standard InChI is InChI=1S/C7H5ClN2S/c8-4-5-2-1-3-6-7(5)9-10-11-6/h1-3H,4H2. The highest BCUT2D eigenvalue weighted by atomic mass is 35.5. The minimum Gasteiger partial charge on any atom is -0.138 e. The van der Waals surface area contributed by atoms with Crippen molar-refractivity contribution in [2.24, 2.45) is 0 Å². The second kappa shape index (κ2) is 2.75. The Bertz CT molecular complexity index is 371. The maximum absolute atomic E-state index is 5.70. The third-order valence-electron chi connectivity index (χ3n) is 1.51. The molecule has 0 spiro atoms. The minimum atomic E-state index is 0.503. The van der Waals surface area contributed by atoms with Crippen LogP contribution in [0.1, 0.15) is 5.56 Å². The number of halogens is 1. The molecule has 1 heterocycles. The van der Waals surface area contributed by atoms with Gasteiger partial charge in [-0.3, -0.25) is 0 Å². The number of hydrogen-bond acceptors (Lipinski definition) is 3. The molecule has 2 aromatic rings. The molecule has 0 aliphatic heterocycles. The van der Waals surface area contributed by atoms with Gasteiger partial charge in [0, 0.05) is 5.88 Å². The summed E-state index contributed by atoms with van der Waals surface area (Å²) in [5.41, 5.74) is 1.99. The molecule has 0 amide bonds. The molecule has 56 valence electrons. The Balaban J connectivity index is 2.79. The van der Waals surface area contributed by atoms with Crippen LogP contribution in [0.15, 0.2) is 18.2 Å². The maximum Gasteiger partial charge on any atom is 0.110 e. The molecule has 1 aromatic carbocycles. The van der Waals surface area contributed by atoms with E-state index in [-0.39, 0.29) is 0 Å². The molecule has 2 rings (SSSR count). The van der Waals surface area contributed by atoms with E-state index in [4.69, 9.17) is 11.6 Å². The van der Waals surface area contributed by atoms with Crippen LogP contribution < -0.4 is 0 Å². The molecule has 0 aliphatic rings. The van der Waals surface area contributed by atoms with Gasteiger partial charge < -0.3 is 0 Å². The van der Waals surface area contributed by atoms with Gasteiger partial charge in [0.15, 0.2) is 0 Å². The van der Waals surface area contributed by atoms with Gasteiger partial charge in [-0.05, 0) is 23.2 Å². The van der Waals surface area contributed by atoms with Crippen molar-refractivity contribution in [2.75, 3.05) is 0 Å². The van der Waals surface area contributed by atoms with Gasteiger partial charge in [0.05, 0.1) is 4.70 Å². The van der Waals surface area contributed by atoms with Gasteiger partial charge in [-0.25, -0.2) is 0 Å². The molecule has 0 fully saturated rings. The molecule has 0 N–H and O–H groups in total. The number of hydrogen-bond donors (Lipinski definition) is 0. The highest BCUT2D eigenvalue weighted by Crippen LogP contribution is 2.20. The normalized spacial score (nSPS) is 10.6. The number of benzene rings is 1. The quantitative estimate of drug-likeness (QED) is 0.637. The van der Waals surface area contributed by atoms with Gasteiger partial charge in [0.25, 0.3) is 0 Å². The fraction of sp³-hybridized carbons (Fsp3) is 0.143. The second-order valence-corrected chi connectivity index (χ2v) is 3.22. The summed E-state index contributed by atoms with van der Waals surface area (Å²) in [6.45, 7) is 0. The third kappa shape index (κ3) is 1.10. The third-order valence-corrected chi connectivity index (χ3v) is 2.48. The van der Waals surface area contributed by atoms with Crippen LogP contribution in [-0.4, -0.2) is 9.59 Å². The molecule has 0 saturated heterocycles. The molecular formula is C7H5ClN2S. The van der Waals surface area contributed by atoms with Crippen LogP contribution in [0.5, 0.6) is 0 Å². The van der Waals surface area contributed by atoms with Crippen molar-refractivity contribution in [2.45, 2.75) is 5.88 Å². The summed E-state index contributed by atoms with van der Waals surface area (Å²) in [7, 11) is 0. The van der Waals surface area contributed by atoms with Crippen molar-refractivity contribution in [1.82, 2.24) is 9.59 Å². The van der Waals surface area contributed by atoms with Crippen molar-refractivity contribution < 1.29 is 0 Å². The molecule has 0 radical (unpaired) electrons. The van der Waals surface area contributed by atoms with E-state index in [2.05, 4.69) is 9.59 Å². The molecule has 11 heavy (non-hydrogen) atoms. The van der Waals surface area contributed by atoms with Gasteiger partial charge in [-0.2, -0.15) is 0 Å². The van der Waals surface area contributed by atoms with Gasteiger partial charge in [-0.15, -0.1) is 16.7 Å². The summed E-state index contributed by atoms with van der Waals surface area (Å²) in [6, 6.07) is 5.94. The predicted molar refractivity (Wildman–Crippen MR) is 47.0 cm³/mol. The summed E-state index contributed by atoms with van der Waals surface area (Å²) < 4.78 is 4.94. The Morgan fingerprint density at radius 1 is 1.45 bits per heavy atom. The van der Waals surface area contributed by atoms with E-state index >= 15 is 0 Å². The highest BCUT2D eigenvalue weighted by Gasteiger charge is 2.01. The smallest absolute Gasteiger partial charge is 0.110 e. The van der Waals surface area contributed by atoms with Crippen LogP contribution in [0.2, 0.25) is 0 Å². The minimum absolute atomic E-state index is 0.503. The number of aromatic nitrogens is 2. The topological polar surface area (TPSA) is 25.8 Å². The Morgan fingerprint density at radius 2 is 2.36 bits per heavy atom. The lowest BCUT2D eigenvalue weighted by atomic mass is 10.2. The molecule has 0 aliphatic carbocycles. The first-order chi connectivity index (χ1) is 5.42. The molecule has 1 aromatic heterocycles. The van der Waals surface area contributed by atoms with E-state index in [1.807, 2.05) is 18.2 Å². The van der Waals surface area contributed by atoms with Crippen molar-refractivity contribution >= 4 is 33.4 Å². The van der Waals surface area contributed by atoms with Crippen LogP contribution in [0, 0.1) is 0 Å². The summed E-state index contributed by atoms with van der Waals surface area (Å²) in [6.07, 6.45) is 0. The van der Waals surface area contributed by atoms with E-state index in [0.717, 1.165) is 15.8 Å². The Morgan fingerprint density at radius 3 is 3.18 bits per heavy atom. The van der Waals surface area contributed by atoms with Crippen LogP contribution in [0.4, 0.5) is 0 Å². The molecule has 0 bridgehead atoms. The molecule has 0 saturated carbocycles. The van der Waals surface area contributed by atoms with E-state index < -0.39 is 0 Å². The molecule has 4 heteroatoms. The number of alkyl halides is 1. The molecule has 0 atom stereocenters. The van der Waals surface area contributed by atoms with Crippen molar-refractivity contribution in [3.05, 3.63) is 23.8 Å². The first-order valence-corrected chi connectivity index (χ1v) is 4.48. The Kier molecular flexibility index (Phi) is 1.75. The van der Waals surface area contributed by atoms with Gasteiger partial charge in [-0.1, -0.05) is 16.6 Å². The summed E-state index contributed by atoms with van der Waals surface area (Å²) >= 11 is 7.10. The summed E-state index contributed by atoms with van der Waals surface area (Å²) in [5, 5.41) is 3.97. The lowest BCUT2D eigenvalue weighted by Gasteiger charge is -1.92. The Hall–Kier alpha value is -0.670. The first kappa shape index (κ1) is 7.00. The average Bonchev–Trinajstić information content (AvgIpc) is 2.50. The highest BCUT2D eigenvalue weighted by molar-refractivity contribution is 7.12. The zero-order chi connectivity index (χ0) is 7.68. The molecule has 0 unspecified atom stereocenters. The number of fused-ring (bicyclic) bond motifs is 1. The second-order valence-electron chi connectivity index (χ2n) is 2.17. The van der Waals surface area contributed by atoms with E-state index in [9.17, 15) is 0 Å². The van der Waals surface area contributed by atoms with Crippen LogP contribution in [0.3, 0.4) is 0 Å². The van der Waals surface area contributed by atoms with Crippen molar-refractivity contribution in [1.29, 1.82) is 0 Å². The van der Waals surface area contributed by atoms with Gasteiger partial charge >= 0.3 is 0 Å². The molecule has 2 nitrogen and oxygen atoms in total. The zero-order valence-corrected chi connectivity index (χ0v) is 7.19. The lowest BCUT2D eigenvalue weighted by Crippen LogP contribution is -1.79. The number of nitrogens with zero attached hydrogens (tertiary/aromatic N) is 2. The van der Waals surface area contributed by atoms with Crippen molar-refractivity contribution in [3.63, 3.8) is 0 Å². The predicted octanol–water partition coefficient (Wildman–Crippen LogP) is 2.43. The van der Waals surface area contributed by atoms with Crippen LogP contribution in [-0.2, 0) is 5.88 Å².